The van der Waals surface area contributed by atoms with Crippen LogP contribution in [0, 0.1) is 5.92 Å². The number of alkyl halides is 3. The Kier molecular flexibility index (Phi) is 4.77. The van der Waals surface area contributed by atoms with Crippen molar-refractivity contribution in [1.29, 1.82) is 0 Å². The first-order chi connectivity index (χ1) is 11.9. The van der Waals surface area contributed by atoms with E-state index in [2.05, 4.69) is 27.0 Å². The number of hydrogen-bond acceptors (Lipinski definition) is 6. The molecule has 0 spiro atoms. The van der Waals surface area contributed by atoms with Crippen LogP contribution in [0.1, 0.15) is 50.5 Å². The minimum Gasteiger partial charge on any atom is -0.338 e. The fraction of sp³-hybridized carbons (Fsp3) is 0.625. The third-order valence-electron chi connectivity index (χ3n) is 5.13. The molecule has 0 bridgehead atoms. The minimum atomic E-state index is -4.48. The highest BCUT2D eigenvalue weighted by Gasteiger charge is 2.40. The van der Waals surface area contributed by atoms with Crippen LogP contribution in [0.2, 0.25) is 0 Å². The Balaban J connectivity index is 1.82. The SMILES string of the molecule is CCC1(c2nc(-c3ncc(C(F)(F)F)cn3)no2)CCC(CN)CC1. The second kappa shape index (κ2) is 6.70. The van der Waals surface area contributed by atoms with Gasteiger partial charge in [-0.3, -0.25) is 0 Å². The van der Waals surface area contributed by atoms with Crippen LogP contribution in [0.5, 0.6) is 0 Å². The van der Waals surface area contributed by atoms with Crippen LogP contribution in [-0.2, 0) is 11.6 Å². The zero-order valence-electron chi connectivity index (χ0n) is 13.9. The molecule has 2 heterocycles. The first kappa shape index (κ1) is 17.8. The third-order valence-corrected chi connectivity index (χ3v) is 5.13. The van der Waals surface area contributed by atoms with Gasteiger partial charge in [0.15, 0.2) is 0 Å². The zero-order chi connectivity index (χ0) is 18.1. The summed E-state index contributed by atoms with van der Waals surface area (Å²) >= 11 is 0. The van der Waals surface area contributed by atoms with E-state index in [9.17, 15) is 13.2 Å². The summed E-state index contributed by atoms with van der Waals surface area (Å²) in [6.45, 7) is 2.75. The lowest BCUT2D eigenvalue weighted by Crippen LogP contribution is -2.33. The quantitative estimate of drug-likeness (QED) is 0.904. The summed E-state index contributed by atoms with van der Waals surface area (Å²) in [6, 6.07) is 0. The van der Waals surface area contributed by atoms with E-state index in [4.69, 9.17) is 10.3 Å². The lowest BCUT2D eigenvalue weighted by molar-refractivity contribution is -0.138. The first-order valence-corrected chi connectivity index (χ1v) is 8.32. The number of nitrogens with zero attached hydrogens (tertiary/aromatic N) is 4. The molecular weight excluding hydrogens is 335 g/mol. The molecule has 2 aromatic heterocycles. The van der Waals surface area contributed by atoms with Crippen molar-refractivity contribution in [3.05, 3.63) is 23.8 Å². The van der Waals surface area contributed by atoms with Gasteiger partial charge in [0, 0.05) is 17.8 Å². The van der Waals surface area contributed by atoms with Crippen LogP contribution in [-0.4, -0.2) is 26.7 Å². The normalized spacial score (nSPS) is 24.4. The number of rotatable bonds is 4. The second-order valence-electron chi connectivity index (χ2n) is 6.53. The zero-order valence-corrected chi connectivity index (χ0v) is 13.9. The average Bonchev–Trinajstić information content (AvgIpc) is 3.12. The van der Waals surface area contributed by atoms with Crippen LogP contribution < -0.4 is 5.73 Å². The minimum absolute atomic E-state index is 0.0184. The van der Waals surface area contributed by atoms with Crippen LogP contribution in [0.3, 0.4) is 0 Å². The number of aromatic nitrogens is 4. The molecule has 0 unspecified atom stereocenters. The Morgan fingerprint density at radius 1 is 1.20 bits per heavy atom. The van der Waals surface area contributed by atoms with Crippen molar-refractivity contribution in [1.82, 2.24) is 20.1 Å². The van der Waals surface area contributed by atoms with E-state index < -0.39 is 11.7 Å². The van der Waals surface area contributed by atoms with E-state index in [1.807, 2.05) is 0 Å². The maximum atomic E-state index is 12.6. The summed E-state index contributed by atoms with van der Waals surface area (Å²) in [7, 11) is 0. The summed E-state index contributed by atoms with van der Waals surface area (Å²) in [6.07, 6.45) is 1.62. The molecule has 0 amide bonds. The van der Waals surface area contributed by atoms with Gasteiger partial charge in [0.1, 0.15) is 0 Å². The molecule has 0 aromatic carbocycles. The summed E-state index contributed by atoms with van der Waals surface area (Å²) in [4.78, 5) is 11.8. The molecule has 1 fully saturated rings. The van der Waals surface area contributed by atoms with Gasteiger partial charge >= 0.3 is 6.18 Å². The second-order valence-corrected chi connectivity index (χ2v) is 6.53. The van der Waals surface area contributed by atoms with Crippen molar-refractivity contribution in [2.24, 2.45) is 11.7 Å². The highest BCUT2D eigenvalue weighted by Crippen LogP contribution is 2.43. The van der Waals surface area contributed by atoms with Gasteiger partial charge in [-0.1, -0.05) is 12.1 Å². The van der Waals surface area contributed by atoms with E-state index in [1.54, 1.807) is 0 Å². The predicted octanol–water partition coefficient (Wildman–Crippen LogP) is 3.34. The van der Waals surface area contributed by atoms with Gasteiger partial charge in [0.2, 0.25) is 17.5 Å². The standard InChI is InChI=1S/C16H20F3N5O/c1-2-15(5-3-10(7-20)4-6-15)14-23-13(24-25-14)12-21-8-11(9-22-12)16(17,18)19/h8-10H,2-7,20H2,1H3. The third kappa shape index (κ3) is 3.51. The molecule has 2 N–H and O–H groups in total. The maximum absolute atomic E-state index is 12.6. The molecule has 1 aliphatic carbocycles. The lowest BCUT2D eigenvalue weighted by atomic mass is 9.69. The summed E-state index contributed by atoms with van der Waals surface area (Å²) in [5.74, 6) is 1.15. The van der Waals surface area contributed by atoms with Crippen LogP contribution in [0.4, 0.5) is 13.2 Å². The van der Waals surface area contributed by atoms with E-state index in [0.29, 0.717) is 18.4 Å². The van der Waals surface area contributed by atoms with Crippen molar-refractivity contribution >= 4 is 0 Å². The molecule has 136 valence electrons. The van der Waals surface area contributed by atoms with Gasteiger partial charge in [-0.15, -0.1) is 0 Å². The fourth-order valence-electron chi connectivity index (χ4n) is 3.30. The van der Waals surface area contributed by atoms with Crippen molar-refractivity contribution in [2.75, 3.05) is 6.54 Å². The van der Waals surface area contributed by atoms with Crippen molar-refractivity contribution < 1.29 is 17.7 Å². The molecule has 0 aliphatic heterocycles. The smallest absolute Gasteiger partial charge is 0.338 e. The van der Waals surface area contributed by atoms with Gasteiger partial charge in [-0.2, -0.15) is 18.2 Å². The fourth-order valence-corrected chi connectivity index (χ4v) is 3.30. The molecule has 0 atom stereocenters. The van der Waals surface area contributed by atoms with Crippen LogP contribution in [0.15, 0.2) is 16.9 Å². The number of hydrogen-bond donors (Lipinski definition) is 1. The predicted molar refractivity (Wildman–Crippen MR) is 83.3 cm³/mol. The molecule has 0 saturated heterocycles. The highest BCUT2D eigenvalue weighted by atomic mass is 19.4. The van der Waals surface area contributed by atoms with Crippen LogP contribution >= 0.6 is 0 Å². The van der Waals surface area contributed by atoms with Gasteiger partial charge in [-0.05, 0) is 44.6 Å². The number of halogens is 3. The molecule has 1 aliphatic rings. The van der Waals surface area contributed by atoms with E-state index >= 15 is 0 Å². The Hall–Kier alpha value is -2.03. The Labute approximate surface area is 143 Å². The van der Waals surface area contributed by atoms with Gasteiger partial charge in [-0.25, -0.2) is 9.97 Å². The maximum Gasteiger partial charge on any atom is 0.419 e. The van der Waals surface area contributed by atoms with Gasteiger partial charge < -0.3 is 10.3 Å². The van der Waals surface area contributed by atoms with Gasteiger partial charge in [0.25, 0.3) is 0 Å². The van der Waals surface area contributed by atoms with Gasteiger partial charge in [0.05, 0.1) is 5.56 Å². The number of nitrogens with two attached hydrogens (primary N) is 1. The molecule has 1 saturated carbocycles. The monoisotopic (exact) mass is 355 g/mol. The molecule has 9 heteroatoms. The molecule has 6 nitrogen and oxygen atoms in total. The summed E-state index contributed by atoms with van der Waals surface area (Å²) in [5.41, 5.74) is 4.63. The average molecular weight is 355 g/mol. The van der Waals surface area contributed by atoms with Crippen molar-refractivity contribution in [3.8, 4) is 11.6 Å². The largest absolute Gasteiger partial charge is 0.419 e. The Morgan fingerprint density at radius 3 is 2.36 bits per heavy atom. The Bertz CT molecular complexity index is 705. The Morgan fingerprint density at radius 2 is 1.84 bits per heavy atom. The lowest BCUT2D eigenvalue weighted by Gasteiger charge is -2.36. The molecule has 3 rings (SSSR count). The first-order valence-electron chi connectivity index (χ1n) is 8.32. The highest BCUT2D eigenvalue weighted by molar-refractivity contribution is 5.41. The van der Waals surface area contributed by atoms with Crippen molar-refractivity contribution in [3.63, 3.8) is 0 Å². The topological polar surface area (TPSA) is 90.7 Å². The van der Waals surface area contributed by atoms with E-state index in [1.165, 1.54) is 0 Å². The molecule has 0 radical (unpaired) electrons. The summed E-state index contributed by atoms with van der Waals surface area (Å²) < 4.78 is 43.2. The van der Waals surface area contributed by atoms with E-state index in [0.717, 1.165) is 44.5 Å². The molecule has 25 heavy (non-hydrogen) atoms. The van der Waals surface area contributed by atoms with Crippen molar-refractivity contribution in [2.45, 2.75) is 50.6 Å². The summed E-state index contributed by atoms with van der Waals surface area (Å²) in [5, 5.41) is 3.87. The van der Waals surface area contributed by atoms with Crippen LogP contribution in [0.25, 0.3) is 11.6 Å². The molecular formula is C16H20F3N5O. The molecule has 2 aromatic rings. The van der Waals surface area contributed by atoms with E-state index in [-0.39, 0.29) is 17.1 Å².